The number of hydrogen-bond donors (Lipinski definition) is 2. The van der Waals surface area contributed by atoms with Crippen LogP contribution in [0.3, 0.4) is 0 Å². The summed E-state index contributed by atoms with van der Waals surface area (Å²) in [6, 6.07) is 4.76. The summed E-state index contributed by atoms with van der Waals surface area (Å²) in [6.07, 6.45) is 0.900. The molecule has 0 aliphatic rings. The Balaban J connectivity index is 2.42. The number of alkyl carbamates (subject to hydrolysis) is 1. The molecule has 0 saturated carbocycles. The third-order valence-corrected chi connectivity index (χ3v) is 2.65. The summed E-state index contributed by atoms with van der Waals surface area (Å²) in [5, 5.41) is 5.56. The van der Waals surface area contributed by atoms with Crippen molar-refractivity contribution in [1.29, 1.82) is 0 Å². The van der Waals surface area contributed by atoms with Crippen LogP contribution >= 0.6 is 11.6 Å². The molecular weight excluding hydrogens is 296 g/mol. The van der Waals surface area contributed by atoms with Gasteiger partial charge in [0.1, 0.15) is 12.4 Å². The topological polar surface area (TPSA) is 76.7 Å². The molecule has 1 aromatic carbocycles. The molecule has 0 atom stereocenters. The average molecular weight is 313 g/mol. The van der Waals surface area contributed by atoms with Gasteiger partial charge in [0.25, 0.3) is 5.91 Å². The van der Waals surface area contributed by atoms with Crippen molar-refractivity contribution in [3.8, 4) is 5.75 Å². The Morgan fingerprint density at radius 1 is 1.33 bits per heavy atom. The molecule has 0 heterocycles. The van der Waals surface area contributed by atoms with Gasteiger partial charge in [-0.2, -0.15) is 0 Å². The average Bonchev–Trinajstić information content (AvgIpc) is 2.49. The molecule has 114 valence electrons. The van der Waals surface area contributed by atoms with Crippen molar-refractivity contribution in [3.63, 3.8) is 0 Å². The van der Waals surface area contributed by atoms with Gasteiger partial charge in [-0.05, 0) is 18.2 Å². The third kappa shape index (κ3) is 5.74. The minimum atomic E-state index is -0.565. The zero-order valence-electron chi connectivity index (χ0n) is 11.6. The molecule has 0 aromatic heterocycles. The zero-order chi connectivity index (χ0) is 15.7. The Kier molecular flexibility index (Phi) is 7.11. The van der Waals surface area contributed by atoms with E-state index in [0.29, 0.717) is 16.3 Å². The van der Waals surface area contributed by atoms with Crippen LogP contribution in [0.25, 0.3) is 0 Å². The lowest BCUT2D eigenvalue weighted by Crippen LogP contribution is -2.35. The van der Waals surface area contributed by atoms with Crippen molar-refractivity contribution < 1.29 is 19.1 Å². The molecule has 1 aromatic rings. The fourth-order valence-electron chi connectivity index (χ4n) is 1.48. The number of rotatable bonds is 7. The predicted octanol–water partition coefficient (Wildman–Crippen LogP) is 1.99. The molecule has 2 amide bonds. The fourth-order valence-corrected chi connectivity index (χ4v) is 1.65. The predicted molar refractivity (Wildman–Crippen MR) is 79.9 cm³/mol. The molecule has 21 heavy (non-hydrogen) atoms. The zero-order valence-corrected chi connectivity index (χ0v) is 12.4. The van der Waals surface area contributed by atoms with Gasteiger partial charge in [-0.3, -0.25) is 4.79 Å². The van der Waals surface area contributed by atoms with Gasteiger partial charge in [-0.1, -0.05) is 24.3 Å². The molecule has 6 nitrogen and oxygen atoms in total. The van der Waals surface area contributed by atoms with E-state index >= 15 is 0 Å². The lowest BCUT2D eigenvalue weighted by Gasteiger charge is -2.10. The van der Waals surface area contributed by atoms with Crippen molar-refractivity contribution in [2.24, 2.45) is 0 Å². The van der Waals surface area contributed by atoms with Crippen LogP contribution < -0.4 is 15.4 Å². The van der Waals surface area contributed by atoms with Crippen molar-refractivity contribution >= 4 is 23.6 Å². The maximum atomic E-state index is 12.0. The van der Waals surface area contributed by atoms with E-state index in [1.165, 1.54) is 19.3 Å². The van der Waals surface area contributed by atoms with E-state index in [2.05, 4.69) is 17.2 Å². The van der Waals surface area contributed by atoms with E-state index in [4.69, 9.17) is 21.1 Å². The van der Waals surface area contributed by atoms with Crippen LogP contribution in [0.5, 0.6) is 5.75 Å². The molecule has 0 saturated heterocycles. The highest BCUT2D eigenvalue weighted by molar-refractivity contribution is 6.31. The maximum Gasteiger partial charge on any atom is 0.407 e. The summed E-state index contributed by atoms with van der Waals surface area (Å²) in [4.78, 5) is 23.1. The smallest absolute Gasteiger partial charge is 0.407 e. The quantitative estimate of drug-likeness (QED) is 0.596. The van der Waals surface area contributed by atoms with E-state index in [-0.39, 0.29) is 25.6 Å². The van der Waals surface area contributed by atoms with Crippen molar-refractivity contribution in [2.45, 2.75) is 0 Å². The van der Waals surface area contributed by atoms with Gasteiger partial charge in [0, 0.05) is 18.1 Å². The Bertz CT molecular complexity index is 520. The van der Waals surface area contributed by atoms with Gasteiger partial charge in [0.2, 0.25) is 0 Å². The van der Waals surface area contributed by atoms with Gasteiger partial charge < -0.3 is 20.1 Å². The van der Waals surface area contributed by atoms with E-state index in [0.717, 1.165) is 0 Å². The molecule has 2 N–H and O–H groups in total. The molecule has 0 fully saturated rings. The highest BCUT2D eigenvalue weighted by atomic mass is 35.5. The normalized spacial score (nSPS) is 9.62. The largest absolute Gasteiger partial charge is 0.496 e. The van der Waals surface area contributed by atoms with Gasteiger partial charge in [0.15, 0.2) is 0 Å². The Morgan fingerprint density at radius 3 is 2.71 bits per heavy atom. The van der Waals surface area contributed by atoms with Gasteiger partial charge >= 0.3 is 6.09 Å². The molecule has 0 aliphatic carbocycles. The van der Waals surface area contributed by atoms with E-state index < -0.39 is 6.09 Å². The Morgan fingerprint density at radius 2 is 2.05 bits per heavy atom. The van der Waals surface area contributed by atoms with Crippen LogP contribution in [-0.4, -0.2) is 38.8 Å². The van der Waals surface area contributed by atoms with E-state index in [1.54, 1.807) is 12.1 Å². The second-order valence-electron chi connectivity index (χ2n) is 3.91. The number of halogens is 1. The molecule has 0 aliphatic heterocycles. The summed E-state index contributed by atoms with van der Waals surface area (Å²) >= 11 is 5.85. The first kappa shape index (κ1) is 16.8. The van der Waals surface area contributed by atoms with Crippen LogP contribution in [0.4, 0.5) is 4.79 Å². The highest BCUT2D eigenvalue weighted by Crippen LogP contribution is 2.22. The van der Waals surface area contributed by atoms with Crippen molar-refractivity contribution in [2.75, 3.05) is 26.8 Å². The second-order valence-corrected chi connectivity index (χ2v) is 4.35. The van der Waals surface area contributed by atoms with E-state index in [1.807, 2.05) is 0 Å². The first-order chi connectivity index (χ1) is 10.1. The van der Waals surface area contributed by atoms with Gasteiger partial charge in [0.05, 0.1) is 12.7 Å². The number of methoxy groups -OCH3 is 1. The van der Waals surface area contributed by atoms with Gasteiger partial charge in [-0.15, -0.1) is 0 Å². The Hall–Kier alpha value is -2.21. The van der Waals surface area contributed by atoms with Crippen LogP contribution in [0.2, 0.25) is 5.02 Å². The number of nitrogens with one attached hydrogen (secondary N) is 2. The highest BCUT2D eigenvalue weighted by Gasteiger charge is 2.12. The molecule has 1 rings (SSSR count). The second kappa shape index (κ2) is 8.86. The molecule has 0 unspecified atom stereocenters. The van der Waals surface area contributed by atoms with Crippen LogP contribution in [0.15, 0.2) is 30.9 Å². The minimum absolute atomic E-state index is 0.137. The molecule has 7 heteroatoms. The van der Waals surface area contributed by atoms with Crippen molar-refractivity contribution in [3.05, 3.63) is 41.4 Å². The Labute approximate surface area is 128 Å². The summed E-state index contributed by atoms with van der Waals surface area (Å²) in [5.74, 6) is 0.0888. The molecular formula is C14H17ClN2O4. The molecule has 0 spiro atoms. The lowest BCUT2D eigenvalue weighted by atomic mass is 10.2. The SMILES string of the molecule is C=CCOC(=O)NCCNC(=O)c1cc(Cl)ccc1OC. The van der Waals surface area contributed by atoms with E-state index in [9.17, 15) is 9.59 Å². The summed E-state index contributed by atoms with van der Waals surface area (Å²) in [5.41, 5.74) is 0.333. The number of benzene rings is 1. The lowest BCUT2D eigenvalue weighted by molar-refractivity contribution is 0.0949. The van der Waals surface area contributed by atoms with Crippen LogP contribution in [0.1, 0.15) is 10.4 Å². The summed E-state index contributed by atoms with van der Waals surface area (Å²) in [6.45, 7) is 4.05. The monoisotopic (exact) mass is 312 g/mol. The molecule has 0 bridgehead atoms. The first-order valence-corrected chi connectivity index (χ1v) is 6.59. The number of carbonyl (C=O) groups is 2. The third-order valence-electron chi connectivity index (χ3n) is 2.42. The van der Waals surface area contributed by atoms with Crippen LogP contribution in [-0.2, 0) is 4.74 Å². The number of carbonyl (C=O) groups excluding carboxylic acids is 2. The van der Waals surface area contributed by atoms with Gasteiger partial charge in [-0.25, -0.2) is 4.79 Å². The summed E-state index contributed by atoms with van der Waals surface area (Å²) in [7, 11) is 1.47. The minimum Gasteiger partial charge on any atom is -0.496 e. The maximum absolute atomic E-state index is 12.0. The van der Waals surface area contributed by atoms with Crippen LogP contribution in [0, 0.1) is 0 Å². The number of amides is 2. The fraction of sp³-hybridized carbons (Fsp3) is 0.286. The number of ether oxygens (including phenoxy) is 2. The molecule has 0 radical (unpaired) electrons. The first-order valence-electron chi connectivity index (χ1n) is 6.21. The summed E-state index contributed by atoms with van der Waals surface area (Å²) < 4.78 is 9.81. The standard InChI is InChI=1S/C14H17ClN2O4/c1-3-8-21-14(19)17-7-6-16-13(18)11-9-10(15)4-5-12(11)20-2/h3-5,9H,1,6-8H2,2H3,(H,16,18)(H,17,19). The van der Waals surface area contributed by atoms with Crippen molar-refractivity contribution in [1.82, 2.24) is 10.6 Å². The number of hydrogen-bond acceptors (Lipinski definition) is 4.